The topological polar surface area (TPSA) is 89.5 Å². The number of carbonyl (C=O) groups excluding carboxylic acids is 2. The fourth-order valence-corrected chi connectivity index (χ4v) is 3.92. The maximum Gasteiger partial charge on any atom is 0.410 e. The van der Waals surface area contributed by atoms with Gasteiger partial charge in [-0.15, -0.1) is 0 Å². The van der Waals surface area contributed by atoms with Crippen molar-refractivity contribution in [3.05, 3.63) is 0 Å². The molecule has 0 saturated carbocycles. The van der Waals surface area contributed by atoms with Gasteiger partial charge in [0.2, 0.25) is 5.91 Å². The third kappa shape index (κ3) is 8.93. The van der Waals surface area contributed by atoms with Gasteiger partial charge in [-0.2, -0.15) is 0 Å². The number of aliphatic imine (C=N–C) groups is 1. The van der Waals surface area contributed by atoms with Crippen LogP contribution in [0.2, 0.25) is 0 Å². The molecule has 0 aliphatic carbocycles. The molecule has 2 fully saturated rings. The number of rotatable bonds is 6. The number of nitrogens with one attached hydrogen (secondary N) is 2. The smallest absolute Gasteiger partial charge is 0.410 e. The first-order chi connectivity index (χ1) is 14.7. The molecular weight excluding hydrogens is 396 g/mol. The second-order valence-electron chi connectivity index (χ2n) is 9.35. The molecule has 0 atom stereocenters. The van der Waals surface area contributed by atoms with Crippen LogP contribution in [-0.2, 0) is 9.53 Å². The Morgan fingerprint density at radius 1 is 1.03 bits per heavy atom. The number of amides is 2. The van der Waals surface area contributed by atoms with Crippen LogP contribution in [0.5, 0.6) is 0 Å². The normalized spacial score (nSPS) is 19.3. The second kappa shape index (κ2) is 12.1. The van der Waals surface area contributed by atoms with Crippen LogP contribution in [-0.4, -0.2) is 104 Å². The quantitative estimate of drug-likeness (QED) is 0.481. The highest BCUT2D eigenvalue weighted by Gasteiger charge is 2.26. The maximum atomic E-state index is 12.2. The van der Waals surface area contributed by atoms with E-state index in [0.717, 1.165) is 64.6 Å². The van der Waals surface area contributed by atoms with Gasteiger partial charge in [-0.1, -0.05) is 0 Å². The lowest BCUT2D eigenvalue weighted by Crippen LogP contribution is -2.50. The summed E-state index contributed by atoms with van der Waals surface area (Å²) < 4.78 is 5.46. The number of hydrogen-bond donors (Lipinski definition) is 2. The lowest BCUT2D eigenvalue weighted by molar-refractivity contribution is -0.121. The summed E-state index contributed by atoms with van der Waals surface area (Å²) in [5.74, 6) is 1.56. The van der Waals surface area contributed by atoms with Crippen molar-refractivity contribution in [2.75, 3.05) is 66.0 Å². The van der Waals surface area contributed by atoms with E-state index in [4.69, 9.17) is 9.73 Å². The van der Waals surface area contributed by atoms with Crippen molar-refractivity contribution in [2.45, 2.75) is 52.6 Å². The van der Waals surface area contributed by atoms with Gasteiger partial charge in [-0.3, -0.25) is 14.7 Å². The zero-order valence-corrected chi connectivity index (χ0v) is 20.1. The molecule has 2 aliphatic heterocycles. The van der Waals surface area contributed by atoms with Gasteiger partial charge in [0.1, 0.15) is 5.60 Å². The molecule has 0 aromatic rings. The molecule has 2 saturated heterocycles. The molecule has 0 spiro atoms. The van der Waals surface area contributed by atoms with Gasteiger partial charge in [0.05, 0.1) is 6.54 Å². The summed E-state index contributed by atoms with van der Waals surface area (Å²) >= 11 is 0. The van der Waals surface area contributed by atoms with Gasteiger partial charge in [0, 0.05) is 65.8 Å². The number of piperidine rings is 1. The summed E-state index contributed by atoms with van der Waals surface area (Å²) in [5.41, 5.74) is -0.456. The number of nitrogens with zero attached hydrogens (tertiary/aromatic N) is 4. The summed E-state index contributed by atoms with van der Waals surface area (Å²) in [6.07, 6.45) is 2.43. The predicted molar refractivity (Wildman–Crippen MR) is 123 cm³/mol. The summed E-state index contributed by atoms with van der Waals surface area (Å²) in [6, 6.07) is 0. The van der Waals surface area contributed by atoms with Crippen molar-refractivity contribution >= 4 is 18.0 Å². The lowest BCUT2D eigenvalue weighted by atomic mass is 9.93. The Labute approximate surface area is 187 Å². The SMILES string of the molecule is CCNC(=NCCN1CCN(C(=O)OC(C)(C)C)CC1)N1CCC(CC(=O)NC)CC1. The van der Waals surface area contributed by atoms with Crippen molar-refractivity contribution in [1.29, 1.82) is 0 Å². The van der Waals surface area contributed by atoms with E-state index >= 15 is 0 Å². The van der Waals surface area contributed by atoms with E-state index in [1.807, 2.05) is 20.8 Å². The van der Waals surface area contributed by atoms with Crippen LogP contribution >= 0.6 is 0 Å². The number of carbonyl (C=O) groups is 2. The van der Waals surface area contributed by atoms with Crippen molar-refractivity contribution in [1.82, 2.24) is 25.3 Å². The van der Waals surface area contributed by atoms with Crippen LogP contribution in [0.4, 0.5) is 4.79 Å². The molecule has 2 heterocycles. The maximum absolute atomic E-state index is 12.2. The average Bonchev–Trinajstić information content (AvgIpc) is 2.73. The monoisotopic (exact) mass is 438 g/mol. The molecule has 31 heavy (non-hydrogen) atoms. The summed E-state index contributed by atoms with van der Waals surface area (Å²) in [6.45, 7) is 15.2. The third-order valence-electron chi connectivity index (χ3n) is 5.70. The van der Waals surface area contributed by atoms with E-state index in [1.165, 1.54) is 0 Å². The number of hydrogen-bond acceptors (Lipinski definition) is 5. The van der Waals surface area contributed by atoms with E-state index in [-0.39, 0.29) is 12.0 Å². The largest absolute Gasteiger partial charge is 0.444 e. The Kier molecular flexibility index (Phi) is 9.87. The summed E-state index contributed by atoms with van der Waals surface area (Å²) in [4.78, 5) is 35.1. The van der Waals surface area contributed by atoms with Gasteiger partial charge < -0.3 is 25.2 Å². The predicted octanol–water partition coefficient (Wildman–Crippen LogP) is 1.35. The highest BCUT2D eigenvalue weighted by Crippen LogP contribution is 2.20. The van der Waals surface area contributed by atoms with Crippen molar-refractivity contribution in [3.8, 4) is 0 Å². The van der Waals surface area contributed by atoms with Crippen molar-refractivity contribution < 1.29 is 14.3 Å². The minimum absolute atomic E-state index is 0.130. The fourth-order valence-electron chi connectivity index (χ4n) is 3.92. The zero-order chi connectivity index (χ0) is 22.9. The molecule has 2 rings (SSSR count). The Morgan fingerprint density at radius 2 is 1.68 bits per heavy atom. The molecule has 9 nitrogen and oxygen atoms in total. The number of piperazine rings is 1. The molecule has 9 heteroatoms. The van der Waals surface area contributed by atoms with Gasteiger partial charge in [0.15, 0.2) is 5.96 Å². The first-order valence-corrected chi connectivity index (χ1v) is 11.7. The van der Waals surface area contributed by atoms with E-state index in [2.05, 4.69) is 27.4 Å². The standard InChI is InChI=1S/C22H42N6O3/c1-6-24-20(27-10-7-18(8-11-27)17-19(29)23-5)25-9-12-26-13-15-28(16-14-26)21(30)31-22(2,3)4/h18H,6-17H2,1-5H3,(H,23,29)(H,24,25). The second-order valence-corrected chi connectivity index (χ2v) is 9.35. The van der Waals surface area contributed by atoms with Crippen LogP contribution in [0.25, 0.3) is 0 Å². The number of guanidine groups is 1. The zero-order valence-electron chi connectivity index (χ0n) is 20.1. The van der Waals surface area contributed by atoms with Crippen molar-refractivity contribution in [2.24, 2.45) is 10.9 Å². The van der Waals surface area contributed by atoms with Crippen LogP contribution < -0.4 is 10.6 Å². The third-order valence-corrected chi connectivity index (χ3v) is 5.70. The molecule has 2 N–H and O–H groups in total. The molecule has 0 bridgehead atoms. The highest BCUT2D eigenvalue weighted by atomic mass is 16.6. The van der Waals surface area contributed by atoms with Gasteiger partial charge in [-0.25, -0.2) is 4.79 Å². The molecule has 0 aromatic heterocycles. The summed E-state index contributed by atoms with van der Waals surface area (Å²) in [5, 5.41) is 6.13. The molecule has 0 unspecified atom stereocenters. The summed E-state index contributed by atoms with van der Waals surface area (Å²) in [7, 11) is 1.70. The minimum Gasteiger partial charge on any atom is -0.444 e. The van der Waals surface area contributed by atoms with E-state index in [0.29, 0.717) is 25.4 Å². The van der Waals surface area contributed by atoms with Gasteiger partial charge in [0.25, 0.3) is 0 Å². The highest BCUT2D eigenvalue weighted by molar-refractivity contribution is 5.80. The van der Waals surface area contributed by atoms with E-state index < -0.39 is 5.60 Å². The first-order valence-electron chi connectivity index (χ1n) is 11.7. The lowest BCUT2D eigenvalue weighted by Gasteiger charge is -2.36. The molecule has 2 aliphatic rings. The van der Waals surface area contributed by atoms with Crippen LogP contribution in [0.15, 0.2) is 4.99 Å². The van der Waals surface area contributed by atoms with Crippen LogP contribution in [0.1, 0.15) is 47.0 Å². The Balaban J connectivity index is 1.75. The van der Waals surface area contributed by atoms with Crippen LogP contribution in [0, 0.1) is 5.92 Å². The average molecular weight is 439 g/mol. The van der Waals surface area contributed by atoms with E-state index in [1.54, 1.807) is 11.9 Å². The fraction of sp³-hybridized carbons (Fsp3) is 0.864. The number of ether oxygens (including phenoxy) is 1. The molecule has 178 valence electrons. The van der Waals surface area contributed by atoms with Gasteiger partial charge >= 0.3 is 6.09 Å². The Morgan fingerprint density at radius 3 is 2.23 bits per heavy atom. The van der Waals surface area contributed by atoms with E-state index in [9.17, 15) is 9.59 Å². The molecule has 2 amide bonds. The molecule has 0 radical (unpaired) electrons. The number of likely N-dealkylation sites (tertiary alicyclic amines) is 1. The van der Waals surface area contributed by atoms with Gasteiger partial charge in [-0.05, 0) is 46.5 Å². The Bertz CT molecular complexity index is 603. The van der Waals surface area contributed by atoms with Crippen LogP contribution in [0.3, 0.4) is 0 Å². The van der Waals surface area contributed by atoms with Crippen molar-refractivity contribution in [3.63, 3.8) is 0 Å². The Hall–Kier alpha value is -2.03. The molecular formula is C22H42N6O3. The first kappa shape index (κ1) is 25.2. The minimum atomic E-state index is -0.456. The molecule has 0 aromatic carbocycles.